The molecular weight excluding hydrogens is 258 g/mol. The third-order valence-corrected chi connectivity index (χ3v) is 3.74. The molecule has 2 N–H and O–H groups in total. The largest absolute Gasteiger partial charge is 0.373 e. The second kappa shape index (κ2) is 5.97. The van der Waals surface area contributed by atoms with Gasteiger partial charge in [0.2, 0.25) is 0 Å². The molecule has 0 aliphatic rings. The van der Waals surface area contributed by atoms with Crippen molar-refractivity contribution in [3.63, 3.8) is 0 Å². The first-order valence-corrected chi connectivity index (χ1v) is 7.17. The van der Waals surface area contributed by atoms with E-state index in [0.717, 1.165) is 27.9 Å². The molecule has 2 aromatic heterocycles. The predicted molar refractivity (Wildman–Crippen MR) is 79.8 cm³/mol. The molecule has 5 nitrogen and oxygen atoms in total. The van der Waals surface area contributed by atoms with Crippen LogP contribution < -0.4 is 10.6 Å². The summed E-state index contributed by atoms with van der Waals surface area (Å²) in [7, 11) is 1.88. The van der Waals surface area contributed by atoms with Crippen molar-refractivity contribution in [2.75, 3.05) is 17.7 Å². The third kappa shape index (κ3) is 3.20. The van der Waals surface area contributed by atoms with Gasteiger partial charge in [0.05, 0.1) is 6.54 Å². The molecule has 0 saturated heterocycles. The Kier molecular flexibility index (Phi) is 4.31. The average Bonchev–Trinajstić information content (AvgIpc) is 2.81. The van der Waals surface area contributed by atoms with Gasteiger partial charge < -0.3 is 10.6 Å². The molecule has 0 bridgehead atoms. The van der Waals surface area contributed by atoms with Crippen LogP contribution in [0.2, 0.25) is 0 Å². The molecule has 0 spiro atoms. The van der Waals surface area contributed by atoms with Crippen molar-refractivity contribution in [2.24, 2.45) is 0 Å². The molecule has 6 heteroatoms. The quantitative estimate of drug-likeness (QED) is 0.879. The summed E-state index contributed by atoms with van der Waals surface area (Å²) >= 11 is 1.66. The highest BCUT2D eigenvalue weighted by Gasteiger charge is 2.14. The molecule has 0 fully saturated rings. The number of hydrogen-bond donors (Lipinski definition) is 2. The van der Waals surface area contributed by atoms with Gasteiger partial charge in [-0.05, 0) is 12.8 Å². The normalized spacial score (nSPS) is 10.8. The molecule has 0 aliphatic carbocycles. The summed E-state index contributed by atoms with van der Waals surface area (Å²) in [5, 5.41) is 9.59. The van der Waals surface area contributed by atoms with E-state index in [4.69, 9.17) is 0 Å². The predicted octanol–water partition coefficient (Wildman–Crippen LogP) is 3.02. The van der Waals surface area contributed by atoms with Gasteiger partial charge in [0.15, 0.2) is 0 Å². The molecule has 19 heavy (non-hydrogen) atoms. The average molecular weight is 277 g/mol. The Morgan fingerprint density at radius 1 is 1.26 bits per heavy atom. The summed E-state index contributed by atoms with van der Waals surface area (Å²) in [4.78, 5) is 13.0. The number of aromatic nitrogens is 3. The van der Waals surface area contributed by atoms with E-state index in [9.17, 15) is 0 Å². The zero-order chi connectivity index (χ0) is 13.8. The van der Waals surface area contributed by atoms with Crippen molar-refractivity contribution in [1.82, 2.24) is 15.0 Å². The molecule has 2 rings (SSSR count). The SMILES string of the molecule is CNc1ncnc(NCc2nc(C)cs2)c1C(C)C. The second-order valence-electron chi connectivity index (χ2n) is 4.63. The fourth-order valence-corrected chi connectivity index (χ4v) is 2.64. The van der Waals surface area contributed by atoms with Crippen LogP contribution in [0.3, 0.4) is 0 Å². The highest BCUT2D eigenvalue weighted by molar-refractivity contribution is 7.09. The van der Waals surface area contributed by atoms with Crippen LogP contribution >= 0.6 is 11.3 Å². The molecular formula is C13H19N5S. The van der Waals surface area contributed by atoms with E-state index >= 15 is 0 Å². The minimum absolute atomic E-state index is 0.351. The number of thiazole rings is 1. The lowest BCUT2D eigenvalue weighted by Crippen LogP contribution is -2.09. The van der Waals surface area contributed by atoms with Gasteiger partial charge in [-0.3, -0.25) is 0 Å². The van der Waals surface area contributed by atoms with Crippen LogP contribution in [0.15, 0.2) is 11.7 Å². The van der Waals surface area contributed by atoms with E-state index < -0.39 is 0 Å². The summed E-state index contributed by atoms with van der Waals surface area (Å²) < 4.78 is 0. The second-order valence-corrected chi connectivity index (χ2v) is 5.57. The minimum Gasteiger partial charge on any atom is -0.373 e. The molecule has 102 valence electrons. The molecule has 0 radical (unpaired) electrons. The van der Waals surface area contributed by atoms with E-state index in [1.165, 1.54) is 0 Å². The molecule has 0 atom stereocenters. The van der Waals surface area contributed by atoms with E-state index in [0.29, 0.717) is 12.5 Å². The van der Waals surface area contributed by atoms with Crippen LogP contribution in [0.4, 0.5) is 11.6 Å². The lowest BCUT2D eigenvalue weighted by atomic mass is 10.0. The summed E-state index contributed by atoms with van der Waals surface area (Å²) in [6, 6.07) is 0. The van der Waals surface area contributed by atoms with E-state index in [2.05, 4.69) is 44.8 Å². The summed E-state index contributed by atoms with van der Waals surface area (Å²) in [6.45, 7) is 6.97. The van der Waals surface area contributed by atoms with Gasteiger partial charge in [-0.25, -0.2) is 15.0 Å². The van der Waals surface area contributed by atoms with Gasteiger partial charge in [-0.1, -0.05) is 13.8 Å². The zero-order valence-corrected chi connectivity index (χ0v) is 12.5. The highest BCUT2D eigenvalue weighted by Crippen LogP contribution is 2.28. The molecule has 0 saturated carbocycles. The van der Waals surface area contributed by atoms with Crippen molar-refractivity contribution in [3.05, 3.63) is 28.0 Å². The van der Waals surface area contributed by atoms with Crippen molar-refractivity contribution >= 4 is 23.0 Å². The van der Waals surface area contributed by atoms with Gasteiger partial charge >= 0.3 is 0 Å². The topological polar surface area (TPSA) is 62.7 Å². The Bertz CT molecular complexity index is 550. The van der Waals surface area contributed by atoms with Crippen LogP contribution in [-0.4, -0.2) is 22.0 Å². The molecule has 2 heterocycles. The van der Waals surface area contributed by atoms with Crippen LogP contribution in [0.1, 0.15) is 36.0 Å². The molecule has 2 aromatic rings. The van der Waals surface area contributed by atoms with Gasteiger partial charge in [-0.2, -0.15) is 0 Å². The van der Waals surface area contributed by atoms with E-state index in [-0.39, 0.29) is 0 Å². The van der Waals surface area contributed by atoms with Gasteiger partial charge in [0.1, 0.15) is 23.0 Å². The van der Waals surface area contributed by atoms with Crippen LogP contribution in [-0.2, 0) is 6.54 Å². The number of nitrogens with one attached hydrogen (secondary N) is 2. The summed E-state index contributed by atoms with van der Waals surface area (Å²) in [5.41, 5.74) is 2.17. The van der Waals surface area contributed by atoms with Crippen LogP contribution in [0.5, 0.6) is 0 Å². The van der Waals surface area contributed by atoms with E-state index in [1.54, 1.807) is 17.7 Å². The Morgan fingerprint density at radius 2 is 2.00 bits per heavy atom. The molecule has 0 amide bonds. The van der Waals surface area contributed by atoms with Crippen molar-refractivity contribution in [3.8, 4) is 0 Å². The van der Waals surface area contributed by atoms with Crippen molar-refractivity contribution in [1.29, 1.82) is 0 Å². The van der Waals surface area contributed by atoms with Crippen molar-refractivity contribution < 1.29 is 0 Å². The first kappa shape index (κ1) is 13.7. The maximum absolute atomic E-state index is 4.44. The maximum Gasteiger partial charge on any atom is 0.135 e. The number of nitrogens with zero attached hydrogens (tertiary/aromatic N) is 3. The van der Waals surface area contributed by atoms with Crippen molar-refractivity contribution in [2.45, 2.75) is 33.2 Å². The lowest BCUT2D eigenvalue weighted by Gasteiger charge is -2.16. The van der Waals surface area contributed by atoms with Gasteiger partial charge in [0, 0.05) is 23.7 Å². The number of aryl methyl sites for hydroxylation is 1. The smallest absolute Gasteiger partial charge is 0.135 e. The maximum atomic E-state index is 4.44. The highest BCUT2D eigenvalue weighted by atomic mass is 32.1. The Morgan fingerprint density at radius 3 is 2.58 bits per heavy atom. The van der Waals surface area contributed by atoms with Crippen LogP contribution in [0, 0.1) is 6.92 Å². The molecule has 0 aromatic carbocycles. The molecule has 0 aliphatic heterocycles. The Hall–Kier alpha value is -1.69. The summed E-state index contributed by atoms with van der Waals surface area (Å²) in [6.07, 6.45) is 1.58. The number of anilines is 2. The Balaban J connectivity index is 2.19. The number of rotatable bonds is 5. The standard InChI is InChI=1S/C13H19N5S/c1-8(2)11-12(14-4)16-7-17-13(11)15-5-10-18-9(3)6-19-10/h6-8H,5H2,1-4H3,(H2,14,15,16,17). The van der Waals surface area contributed by atoms with Gasteiger partial charge in [0.25, 0.3) is 0 Å². The van der Waals surface area contributed by atoms with Gasteiger partial charge in [-0.15, -0.1) is 11.3 Å². The minimum atomic E-state index is 0.351. The zero-order valence-electron chi connectivity index (χ0n) is 11.7. The monoisotopic (exact) mass is 277 g/mol. The Labute approximate surface area is 117 Å². The third-order valence-electron chi connectivity index (χ3n) is 2.77. The van der Waals surface area contributed by atoms with Crippen LogP contribution in [0.25, 0.3) is 0 Å². The fraction of sp³-hybridized carbons (Fsp3) is 0.462. The lowest BCUT2D eigenvalue weighted by molar-refractivity contribution is 0.846. The first-order chi connectivity index (χ1) is 9.11. The summed E-state index contributed by atoms with van der Waals surface area (Å²) in [5.74, 6) is 2.11. The number of hydrogen-bond acceptors (Lipinski definition) is 6. The fourth-order valence-electron chi connectivity index (χ4n) is 1.93. The first-order valence-electron chi connectivity index (χ1n) is 6.29. The molecule has 0 unspecified atom stereocenters. The van der Waals surface area contributed by atoms with E-state index in [1.807, 2.05) is 14.0 Å².